The Hall–Kier alpha value is -1.27. The predicted octanol–water partition coefficient (Wildman–Crippen LogP) is 3.90. The van der Waals surface area contributed by atoms with Crippen LogP contribution in [0.3, 0.4) is 0 Å². The SMILES string of the molecule is Cc1ccccc1N1CCN(CCS(=O)(=O)c2cc(Cl)ccc2Cl)CC1. The lowest BCUT2D eigenvalue weighted by Crippen LogP contribution is -2.47. The van der Waals surface area contributed by atoms with E-state index in [2.05, 4.69) is 34.9 Å². The van der Waals surface area contributed by atoms with Crippen molar-refractivity contribution in [2.45, 2.75) is 11.8 Å². The van der Waals surface area contributed by atoms with Crippen LogP contribution in [0.4, 0.5) is 5.69 Å². The third-order valence-electron chi connectivity index (χ3n) is 4.73. The molecule has 2 aromatic carbocycles. The molecule has 1 heterocycles. The van der Waals surface area contributed by atoms with Crippen LogP contribution in [0, 0.1) is 6.92 Å². The molecule has 0 saturated carbocycles. The molecular weight excluding hydrogens is 391 g/mol. The van der Waals surface area contributed by atoms with Crippen LogP contribution in [0.1, 0.15) is 5.56 Å². The Morgan fingerprint density at radius 3 is 2.38 bits per heavy atom. The van der Waals surface area contributed by atoms with Gasteiger partial charge in [-0.15, -0.1) is 0 Å². The fourth-order valence-electron chi connectivity index (χ4n) is 3.21. The topological polar surface area (TPSA) is 40.6 Å². The Labute approximate surface area is 165 Å². The highest BCUT2D eigenvalue weighted by molar-refractivity contribution is 7.91. The van der Waals surface area contributed by atoms with Crippen LogP contribution in [0.2, 0.25) is 10.0 Å². The molecule has 0 bridgehead atoms. The van der Waals surface area contributed by atoms with Gasteiger partial charge in [0.05, 0.1) is 15.7 Å². The van der Waals surface area contributed by atoms with E-state index in [0.29, 0.717) is 11.6 Å². The average Bonchev–Trinajstić information content (AvgIpc) is 2.63. The zero-order valence-electron chi connectivity index (χ0n) is 14.7. The van der Waals surface area contributed by atoms with Crippen molar-refractivity contribution < 1.29 is 8.42 Å². The summed E-state index contributed by atoms with van der Waals surface area (Å²) in [6, 6.07) is 12.9. The first-order valence-electron chi connectivity index (χ1n) is 8.57. The van der Waals surface area contributed by atoms with E-state index in [1.54, 1.807) is 6.07 Å². The fraction of sp³-hybridized carbons (Fsp3) is 0.368. The summed E-state index contributed by atoms with van der Waals surface area (Å²) in [5.41, 5.74) is 2.52. The summed E-state index contributed by atoms with van der Waals surface area (Å²) in [6.45, 7) is 6.07. The number of benzene rings is 2. The molecule has 3 rings (SSSR count). The van der Waals surface area contributed by atoms with Crippen LogP contribution in [-0.4, -0.2) is 51.8 Å². The van der Waals surface area contributed by atoms with E-state index in [4.69, 9.17) is 23.2 Å². The Morgan fingerprint density at radius 2 is 1.69 bits per heavy atom. The van der Waals surface area contributed by atoms with Gasteiger partial charge >= 0.3 is 0 Å². The Balaban J connectivity index is 1.58. The van der Waals surface area contributed by atoms with Crippen LogP contribution in [-0.2, 0) is 9.84 Å². The molecule has 0 amide bonds. The van der Waals surface area contributed by atoms with Gasteiger partial charge in [0, 0.05) is 43.4 Å². The zero-order chi connectivity index (χ0) is 18.7. The highest BCUT2D eigenvalue weighted by Crippen LogP contribution is 2.26. The maximum absolute atomic E-state index is 12.6. The van der Waals surface area contributed by atoms with Crippen molar-refractivity contribution >= 4 is 38.7 Å². The highest BCUT2D eigenvalue weighted by Gasteiger charge is 2.23. The van der Waals surface area contributed by atoms with E-state index in [-0.39, 0.29) is 15.7 Å². The molecule has 0 atom stereocenters. The number of hydrogen-bond acceptors (Lipinski definition) is 4. The van der Waals surface area contributed by atoms with E-state index in [0.717, 1.165) is 26.2 Å². The molecular formula is C19H22Cl2N2O2S. The second-order valence-electron chi connectivity index (χ2n) is 6.51. The minimum absolute atomic E-state index is 0.0391. The van der Waals surface area contributed by atoms with Gasteiger partial charge < -0.3 is 4.90 Å². The van der Waals surface area contributed by atoms with Crippen LogP contribution in [0.15, 0.2) is 47.4 Å². The number of aryl methyl sites for hydroxylation is 1. The summed E-state index contributed by atoms with van der Waals surface area (Å²) in [5.74, 6) is 0.0391. The number of sulfone groups is 1. The number of nitrogens with zero attached hydrogens (tertiary/aromatic N) is 2. The first-order valence-corrected chi connectivity index (χ1v) is 11.0. The Bertz CT molecular complexity index is 879. The van der Waals surface area contributed by atoms with Gasteiger partial charge in [-0.3, -0.25) is 4.90 Å². The van der Waals surface area contributed by atoms with Crippen molar-refractivity contribution in [1.29, 1.82) is 0 Å². The van der Waals surface area contributed by atoms with Crippen molar-refractivity contribution in [3.8, 4) is 0 Å². The number of halogens is 2. The predicted molar refractivity (Wildman–Crippen MR) is 108 cm³/mol. The summed E-state index contributed by atoms with van der Waals surface area (Å²) in [4.78, 5) is 4.66. The van der Waals surface area contributed by atoms with Gasteiger partial charge in [-0.2, -0.15) is 0 Å². The van der Waals surface area contributed by atoms with Crippen molar-refractivity contribution in [3.63, 3.8) is 0 Å². The molecule has 26 heavy (non-hydrogen) atoms. The molecule has 7 heteroatoms. The lowest BCUT2D eigenvalue weighted by atomic mass is 10.1. The molecule has 0 radical (unpaired) electrons. The van der Waals surface area contributed by atoms with Gasteiger partial charge in [0.1, 0.15) is 0 Å². The summed E-state index contributed by atoms with van der Waals surface area (Å²) in [6.07, 6.45) is 0. The first kappa shape index (κ1) is 19.5. The van der Waals surface area contributed by atoms with Gasteiger partial charge in [-0.05, 0) is 36.8 Å². The largest absolute Gasteiger partial charge is 0.369 e. The minimum atomic E-state index is -3.46. The van der Waals surface area contributed by atoms with E-state index in [1.165, 1.54) is 23.4 Å². The maximum atomic E-state index is 12.6. The summed E-state index contributed by atoms with van der Waals surface area (Å²) in [5, 5.41) is 0.596. The normalized spacial score (nSPS) is 16.0. The maximum Gasteiger partial charge on any atom is 0.181 e. The summed E-state index contributed by atoms with van der Waals surface area (Å²) >= 11 is 12.0. The standard InChI is InChI=1S/C19H22Cl2N2O2S/c1-15-4-2-3-5-18(15)23-10-8-22(9-11-23)12-13-26(24,25)19-14-16(20)6-7-17(19)21/h2-7,14H,8-13H2,1H3. The minimum Gasteiger partial charge on any atom is -0.369 e. The first-order chi connectivity index (χ1) is 12.4. The smallest absolute Gasteiger partial charge is 0.181 e. The number of rotatable bonds is 5. The second-order valence-corrected chi connectivity index (χ2v) is 9.43. The molecule has 1 saturated heterocycles. The molecule has 0 N–H and O–H groups in total. The molecule has 0 unspecified atom stereocenters. The van der Waals surface area contributed by atoms with E-state index < -0.39 is 9.84 Å². The van der Waals surface area contributed by atoms with Crippen LogP contribution >= 0.6 is 23.2 Å². The van der Waals surface area contributed by atoms with Gasteiger partial charge in [0.15, 0.2) is 9.84 Å². The van der Waals surface area contributed by atoms with E-state index in [9.17, 15) is 8.42 Å². The number of piperazine rings is 1. The van der Waals surface area contributed by atoms with Crippen molar-refractivity contribution in [2.24, 2.45) is 0 Å². The van der Waals surface area contributed by atoms with Gasteiger partial charge in [-0.1, -0.05) is 41.4 Å². The third-order valence-corrected chi connectivity index (χ3v) is 7.14. The molecule has 4 nitrogen and oxygen atoms in total. The highest BCUT2D eigenvalue weighted by atomic mass is 35.5. The molecule has 1 aliphatic heterocycles. The van der Waals surface area contributed by atoms with Crippen molar-refractivity contribution in [2.75, 3.05) is 43.4 Å². The number of hydrogen-bond donors (Lipinski definition) is 0. The molecule has 0 aliphatic carbocycles. The van der Waals surface area contributed by atoms with Gasteiger partial charge in [0.2, 0.25) is 0 Å². The second kappa shape index (κ2) is 8.17. The molecule has 1 aliphatic rings. The van der Waals surface area contributed by atoms with Crippen molar-refractivity contribution in [3.05, 3.63) is 58.1 Å². The molecule has 140 valence electrons. The van der Waals surface area contributed by atoms with Crippen LogP contribution < -0.4 is 4.90 Å². The van der Waals surface area contributed by atoms with E-state index >= 15 is 0 Å². The summed E-state index contributed by atoms with van der Waals surface area (Å²) in [7, 11) is -3.46. The monoisotopic (exact) mass is 412 g/mol. The van der Waals surface area contributed by atoms with Crippen LogP contribution in [0.25, 0.3) is 0 Å². The molecule has 0 aromatic heterocycles. The third kappa shape index (κ3) is 4.52. The average molecular weight is 413 g/mol. The Morgan fingerprint density at radius 1 is 1.00 bits per heavy atom. The quantitative estimate of drug-likeness (QED) is 0.746. The summed E-state index contributed by atoms with van der Waals surface area (Å²) < 4.78 is 25.2. The van der Waals surface area contributed by atoms with Gasteiger partial charge in [0.25, 0.3) is 0 Å². The Kier molecular flexibility index (Phi) is 6.13. The number of para-hydroxylation sites is 1. The van der Waals surface area contributed by atoms with E-state index in [1.807, 2.05) is 6.07 Å². The zero-order valence-corrected chi connectivity index (χ0v) is 17.0. The van der Waals surface area contributed by atoms with Gasteiger partial charge in [-0.25, -0.2) is 8.42 Å². The lowest BCUT2D eigenvalue weighted by Gasteiger charge is -2.36. The lowest BCUT2D eigenvalue weighted by molar-refractivity contribution is 0.272. The fourth-order valence-corrected chi connectivity index (χ4v) is 5.30. The number of anilines is 1. The molecule has 2 aromatic rings. The van der Waals surface area contributed by atoms with Crippen LogP contribution in [0.5, 0.6) is 0 Å². The molecule has 1 fully saturated rings. The van der Waals surface area contributed by atoms with Crippen molar-refractivity contribution in [1.82, 2.24) is 4.90 Å². The molecule has 0 spiro atoms.